The molecular weight excluding hydrogens is 210 g/mol. The van der Waals surface area contributed by atoms with Gasteiger partial charge in [-0.15, -0.1) is 0 Å². The van der Waals surface area contributed by atoms with Crippen LogP contribution in [0.25, 0.3) is 0 Å². The van der Waals surface area contributed by atoms with Gasteiger partial charge in [-0.2, -0.15) is 0 Å². The monoisotopic (exact) mass is 225 g/mol. The van der Waals surface area contributed by atoms with Crippen molar-refractivity contribution in [2.75, 3.05) is 0 Å². The van der Waals surface area contributed by atoms with Crippen molar-refractivity contribution in [3.63, 3.8) is 0 Å². The number of hydrogen-bond donors (Lipinski definition) is 1. The molecule has 1 heterocycles. The molecule has 0 radical (unpaired) electrons. The van der Waals surface area contributed by atoms with Crippen LogP contribution in [0.3, 0.4) is 0 Å². The first kappa shape index (κ1) is 10.8. The molecule has 1 aliphatic carbocycles. The summed E-state index contributed by atoms with van der Waals surface area (Å²) in [6.45, 7) is 0. The molecule has 2 nitrogen and oxygen atoms in total. The van der Waals surface area contributed by atoms with E-state index in [4.69, 9.17) is 21.8 Å². The molecule has 2 rings (SSSR count). The van der Waals surface area contributed by atoms with Gasteiger partial charge in [-0.3, -0.25) is 0 Å². The largest absolute Gasteiger partial charge is 0.453 e. The first-order valence-electron chi connectivity index (χ1n) is 5.46. The molecule has 0 saturated heterocycles. The van der Waals surface area contributed by atoms with Crippen LogP contribution < -0.4 is 5.73 Å². The second kappa shape index (κ2) is 4.86. The molecular formula is C12H16ClNO. The molecule has 0 spiro atoms. The van der Waals surface area contributed by atoms with Gasteiger partial charge in [-0.05, 0) is 43.4 Å². The van der Waals surface area contributed by atoms with Crippen LogP contribution in [0.15, 0.2) is 28.4 Å². The van der Waals surface area contributed by atoms with E-state index in [1.165, 1.54) is 24.8 Å². The Balaban J connectivity index is 2.16. The fourth-order valence-electron chi connectivity index (χ4n) is 2.05. The molecule has 2 N–H and O–H groups in total. The SMILES string of the molecule is NC(C1=CCCCCC1)c1ccoc1Cl. The predicted molar refractivity (Wildman–Crippen MR) is 61.8 cm³/mol. The van der Waals surface area contributed by atoms with Gasteiger partial charge in [0, 0.05) is 5.56 Å². The van der Waals surface area contributed by atoms with E-state index in [1.54, 1.807) is 6.26 Å². The third-order valence-corrected chi connectivity index (χ3v) is 3.26. The van der Waals surface area contributed by atoms with Crippen molar-refractivity contribution >= 4 is 11.6 Å². The summed E-state index contributed by atoms with van der Waals surface area (Å²) in [5, 5.41) is 0.424. The van der Waals surface area contributed by atoms with E-state index in [9.17, 15) is 0 Å². The van der Waals surface area contributed by atoms with Gasteiger partial charge in [0.2, 0.25) is 0 Å². The summed E-state index contributed by atoms with van der Waals surface area (Å²) in [4.78, 5) is 0. The lowest BCUT2D eigenvalue weighted by Crippen LogP contribution is -2.12. The van der Waals surface area contributed by atoms with Crippen molar-refractivity contribution in [2.45, 2.75) is 38.1 Å². The second-order valence-corrected chi connectivity index (χ2v) is 4.35. The fraction of sp³-hybridized carbons (Fsp3) is 0.500. The molecule has 0 bridgehead atoms. The van der Waals surface area contributed by atoms with E-state index < -0.39 is 0 Å². The van der Waals surface area contributed by atoms with Crippen LogP contribution in [0.1, 0.15) is 43.7 Å². The number of furan rings is 1. The third-order valence-electron chi connectivity index (χ3n) is 2.96. The van der Waals surface area contributed by atoms with Gasteiger partial charge < -0.3 is 10.2 Å². The first-order chi connectivity index (χ1) is 7.29. The molecule has 82 valence electrons. The minimum absolute atomic E-state index is 0.0886. The van der Waals surface area contributed by atoms with Crippen molar-refractivity contribution in [3.8, 4) is 0 Å². The molecule has 0 amide bonds. The number of nitrogens with two attached hydrogens (primary N) is 1. The summed E-state index contributed by atoms with van der Waals surface area (Å²) in [6.07, 6.45) is 9.88. The quantitative estimate of drug-likeness (QED) is 0.778. The fourth-order valence-corrected chi connectivity index (χ4v) is 2.28. The maximum absolute atomic E-state index is 6.17. The Morgan fingerprint density at radius 1 is 1.33 bits per heavy atom. The topological polar surface area (TPSA) is 39.2 Å². The summed E-state index contributed by atoms with van der Waals surface area (Å²) < 4.78 is 5.07. The van der Waals surface area contributed by atoms with E-state index in [0.717, 1.165) is 18.4 Å². The number of hydrogen-bond acceptors (Lipinski definition) is 2. The number of allylic oxidation sites excluding steroid dienone is 1. The van der Waals surface area contributed by atoms with Crippen molar-refractivity contribution < 1.29 is 4.42 Å². The molecule has 1 unspecified atom stereocenters. The summed E-state index contributed by atoms with van der Waals surface area (Å²) in [5.74, 6) is 0. The zero-order valence-corrected chi connectivity index (χ0v) is 9.46. The van der Waals surface area contributed by atoms with Crippen molar-refractivity contribution in [1.82, 2.24) is 0 Å². The molecule has 15 heavy (non-hydrogen) atoms. The first-order valence-corrected chi connectivity index (χ1v) is 5.84. The highest BCUT2D eigenvalue weighted by Crippen LogP contribution is 2.31. The van der Waals surface area contributed by atoms with E-state index in [2.05, 4.69) is 6.08 Å². The normalized spacial score (nSPS) is 19.5. The Labute approximate surface area is 95.1 Å². The average Bonchev–Trinajstić information content (AvgIpc) is 2.53. The van der Waals surface area contributed by atoms with Crippen LogP contribution in [0, 0.1) is 0 Å². The standard InChI is InChI=1S/C12H16ClNO/c13-12-10(7-8-15-12)11(14)9-5-3-1-2-4-6-9/h5,7-8,11H,1-4,6,14H2. The average molecular weight is 226 g/mol. The van der Waals surface area contributed by atoms with Crippen LogP contribution in [-0.2, 0) is 0 Å². The Bertz CT molecular complexity index is 356. The van der Waals surface area contributed by atoms with Gasteiger partial charge in [0.25, 0.3) is 0 Å². The zero-order chi connectivity index (χ0) is 10.7. The third kappa shape index (κ3) is 2.44. The van der Waals surface area contributed by atoms with Gasteiger partial charge in [-0.25, -0.2) is 0 Å². The molecule has 1 aromatic heterocycles. The molecule has 0 fully saturated rings. The van der Waals surface area contributed by atoms with Crippen molar-refractivity contribution in [1.29, 1.82) is 0 Å². The molecule has 1 aliphatic rings. The lowest BCUT2D eigenvalue weighted by molar-refractivity contribution is 0.563. The molecule has 1 atom stereocenters. The molecule has 0 aromatic carbocycles. The molecule has 1 aromatic rings. The maximum atomic E-state index is 6.17. The summed E-state index contributed by atoms with van der Waals surface area (Å²) in [6, 6.07) is 1.77. The Morgan fingerprint density at radius 2 is 2.20 bits per heavy atom. The van der Waals surface area contributed by atoms with Gasteiger partial charge in [0.15, 0.2) is 5.22 Å². The number of rotatable bonds is 2. The summed E-state index contributed by atoms with van der Waals surface area (Å²) in [5.41, 5.74) is 8.38. The Kier molecular flexibility index (Phi) is 3.49. The van der Waals surface area contributed by atoms with Crippen molar-refractivity contribution in [2.24, 2.45) is 5.73 Å². The van der Waals surface area contributed by atoms with Crippen LogP contribution in [0.4, 0.5) is 0 Å². The highest BCUT2D eigenvalue weighted by Gasteiger charge is 2.17. The van der Waals surface area contributed by atoms with E-state index in [0.29, 0.717) is 5.22 Å². The van der Waals surface area contributed by atoms with Crippen LogP contribution in [0.2, 0.25) is 5.22 Å². The lowest BCUT2D eigenvalue weighted by atomic mass is 9.98. The molecule has 0 saturated carbocycles. The van der Waals surface area contributed by atoms with Crippen LogP contribution in [-0.4, -0.2) is 0 Å². The van der Waals surface area contributed by atoms with E-state index in [1.807, 2.05) is 6.07 Å². The van der Waals surface area contributed by atoms with E-state index in [-0.39, 0.29) is 6.04 Å². The van der Waals surface area contributed by atoms with Gasteiger partial charge in [0.1, 0.15) is 0 Å². The van der Waals surface area contributed by atoms with Gasteiger partial charge in [-0.1, -0.05) is 18.1 Å². The summed E-state index contributed by atoms with van der Waals surface area (Å²) in [7, 11) is 0. The minimum Gasteiger partial charge on any atom is -0.453 e. The summed E-state index contributed by atoms with van der Waals surface area (Å²) >= 11 is 5.92. The Hall–Kier alpha value is -0.730. The lowest BCUT2D eigenvalue weighted by Gasteiger charge is -2.13. The second-order valence-electron chi connectivity index (χ2n) is 4.01. The van der Waals surface area contributed by atoms with Crippen LogP contribution in [0.5, 0.6) is 0 Å². The van der Waals surface area contributed by atoms with E-state index >= 15 is 0 Å². The van der Waals surface area contributed by atoms with Crippen molar-refractivity contribution in [3.05, 3.63) is 34.8 Å². The molecule has 0 aliphatic heterocycles. The predicted octanol–water partition coefficient (Wildman–Crippen LogP) is 3.82. The molecule has 3 heteroatoms. The number of halogens is 1. The smallest absolute Gasteiger partial charge is 0.198 e. The zero-order valence-electron chi connectivity index (χ0n) is 8.71. The Morgan fingerprint density at radius 3 is 2.93 bits per heavy atom. The maximum Gasteiger partial charge on any atom is 0.198 e. The highest BCUT2D eigenvalue weighted by atomic mass is 35.5. The van der Waals surface area contributed by atoms with Crippen LogP contribution >= 0.6 is 11.6 Å². The van der Waals surface area contributed by atoms with Gasteiger partial charge >= 0.3 is 0 Å². The van der Waals surface area contributed by atoms with Gasteiger partial charge in [0.05, 0.1) is 12.3 Å². The highest BCUT2D eigenvalue weighted by molar-refractivity contribution is 6.29. The minimum atomic E-state index is -0.0886.